The van der Waals surface area contributed by atoms with E-state index in [-0.39, 0.29) is 0 Å². The van der Waals surface area contributed by atoms with E-state index in [1.165, 1.54) is 51.6 Å². The van der Waals surface area contributed by atoms with Gasteiger partial charge < -0.3 is 4.90 Å². The highest BCUT2D eigenvalue weighted by Gasteiger charge is 2.27. The summed E-state index contributed by atoms with van der Waals surface area (Å²) < 4.78 is 0. The van der Waals surface area contributed by atoms with Crippen LogP contribution in [0.15, 0.2) is 0 Å². The summed E-state index contributed by atoms with van der Waals surface area (Å²) in [6.07, 6.45) is 8.37. The Morgan fingerprint density at radius 1 is 0.824 bits per heavy atom. The van der Waals surface area contributed by atoms with E-state index in [9.17, 15) is 0 Å². The maximum Gasteiger partial charge on any atom is 0.0143 e. The summed E-state index contributed by atoms with van der Waals surface area (Å²) in [5.74, 6) is 0. The summed E-state index contributed by atoms with van der Waals surface area (Å²) >= 11 is 0. The fraction of sp³-hybridized carbons (Fsp3) is 1.00. The Hall–Kier alpha value is -0.0400. The molecule has 0 N–H and O–H groups in total. The van der Waals surface area contributed by atoms with Crippen LogP contribution in [0.25, 0.3) is 0 Å². The molecule has 0 aromatic carbocycles. The van der Waals surface area contributed by atoms with E-state index >= 15 is 0 Å². The van der Waals surface area contributed by atoms with Crippen LogP contribution in [-0.4, -0.2) is 24.0 Å². The molecule has 0 saturated carbocycles. The Bertz CT molecular complexity index is 165. The SMILES string of the molecule is CCCCCCCC(N(CC)CC)C(C)(C)C. The van der Waals surface area contributed by atoms with Crippen LogP contribution in [0.5, 0.6) is 0 Å². The van der Waals surface area contributed by atoms with E-state index < -0.39 is 0 Å². The van der Waals surface area contributed by atoms with Crippen LogP contribution in [0, 0.1) is 5.41 Å². The maximum absolute atomic E-state index is 2.64. The van der Waals surface area contributed by atoms with Gasteiger partial charge in [0, 0.05) is 6.04 Å². The molecule has 0 aromatic heterocycles. The highest BCUT2D eigenvalue weighted by atomic mass is 15.2. The molecule has 0 rings (SSSR count). The van der Waals surface area contributed by atoms with Crippen LogP contribution < -0.4 is 0 Å². The molecule has 1 heteroatoms. The van der Waals surface area contributed by atoms with Gasteiger partial charge in [-0.05, 0) is 24.9 Å². The number of hydrogen-bond donors (Lipinski definition) is 0. The molecule has 1 nitrogen and oxygen atoms in total. The summed E-state index contributed by atoms with van der Waals surface area (Å²) in [4.78, 5) is 2.64. The molecule has 0 spiro atoms. The van der Waals surface area contributed by atoms with Crippen molar-refractivity contribution in [2.24, 2.45) is 5.41 Å². The molecule has 0 aromatic rings. The molecule has 1 atom stereocenters. The molecule has 0 radical (unpaired) electrons. The first-order chi connectivity index (χ1) is 7.97. The number of rotatable bonds is 9. The van der Waals surface area contributed by atoms with Gasteiger partial charge >= 0.3 is 0 Å². The molecule has 0 heterocycles. The predicted molar refractivity (Wildman–Crippen MR) is 79.5 cm³/mol. The lowest BCUT2D eigenvalue weighted by Crippen LogP contribution is -2.43. The van der Waals surface area contributed by atoms with Gasteiger partial charge in [0.15, 0.2) is 0 Å². The Balaban J connectivity index is 4.12. The quantitative estimate of drug-likeness (QED) is 0.507. The van der Waals surface area contributed by atoms with Crippen LogP contribution in [0.3, 0.4) is 0 Å². The lowest BCUT2D eigenvalue weighted by molar-refractivity contribution is 0.0992. The third-order valence-corrected chi connectivity index (χ3v) is 3.83. The van der Waals surface area contributed by atoms with Gasteiger partial charge in [0.2, 0.25) is 0 Å². The first kappa shape index (κ1) is 17.0. The third-order valence-electron chi connectivity index (χ3n) is 3.83. The van der Waals surface area contributed by atoms with E-state index in [1.54, 1.807) is 0 Å². The minimum Gasteiger partial charge on any atom is -0.300 e. The van der Waals surface area contributed by atoms with Gasteiger partial charge in [-0.1, -0.05) is 73.6 Å². The molecule has 0 aliphatic heterocycles. The van der Waals surface area contributed by atoms with Crippen LogP contribution in [0.4, 0.5) is 0 Å². The Kier molecular flexibility index (Phi) is 8.94. The topological polar surface area (TPSA) is 3.24 Å². The smallest absolute Gasteiger partial charge is 0.0143 e. The average Bonchev–Trinajstić information content (AvgIpc) is 2.26. The molecule has 1 unspecified atom stereocenters. The van der Waals surface area contributed by atoms with Crippen LogP contribution in [-0.2, 0) is 0 Å². The molecule has 104 valence electrons. The first-order valence-electron chi connectivity index (χ1n) is 7.71. The second kappa shape index (κ2) is 8.97. The zero-order valence-electron chi connectivity index (χ0n) is 13.2. The summed E-state index contributed by atoms with van der Waals surface area (Å²) in [6, 6.07) is 0.749. The molecule has 0 fully saturated rings. The summed E-state index contributed by atoms with van der Waals surface area (Å²) in [5.41, 5.74) is 0.413. The highest BCUT2D eigenvalue weighted by molar-refractivity contribution is 4.82. The normalized spacial score (nSPS) is 14.3. The predicted octanol–water partition coefficient (Wildman–Crippen LogP) is 5.10. The van der Waals surface area contributed by atoms with Crippen molar-refractivity contribution in [3.8, 4) is 0 Å². The highest BCUT2D eigenvalue weighted by Crippen LogP contribution is 2.28. The van der Waals surface area contributed by atoms with E-state index in [1.807, 2.05) is 0 Å². The largest absolute Gasteiger partial charge is 0.300 e. The number of hydrogen-bond acceptors (Lipinski definition) is 1. The molecule has 0 bridgehead atoms. The average molecular weight is 241 g/mol. The number of unbranched alkanes of at least 4 members (excludes halogenated alkanes) is 4. The van der Waals surface area contributed by atoms with Crippen molar-refractivity contribution in [3.63, 3.8) is 0 Å². The van der Waals surface area contributed by atoms with E-state index in [0.29, 0.717) is 5.41 Å². The molecule has 0 aliphatic rings. The van der Waals surface area contributed by atoms with Crippen LogP contribution >= 0.6 is 0 Å². The second-order valence-corrected chi connectivity index (χ2v) is 6.31. The molecule has 0 saturated heterocycles. The van der Waals surface area contributed by atoms with Gasteiger partial charge in [0.25, 0.3) is 0 Å². The van der Waals surface area contributed by atoms with Crippen molar-refractivity contribution in [1.82, 2.24) is 4.90 Å². The van der Waals surface area contributed by atoms with Gasteiger partial charge in [-0.2, -0.15) is 0 Å². The zero-order chi connectivity index (χ0) is 13.3. The number of nitrogens with zero attached hydrogens (tertiary/aromatic N) is 1. The fourth-order valence-corrected chi connectivity index (χ4v) is 2.77. The molecular formula is C16H35N. The van der Waals surface area contributed by atoms with Gasteiger partial charge in [-0.3, -0.25) is 0 Å². The monoisotopic (exact) mass is 241 g/mol. The Labute approximate surface area is 110 Å². The van der Waals surface area contributed by atoms with Crippen molar-refractivity contribution in [1.29, 1.82) is 0 Å². The van der Waals surface area contributed by atoms with E-state index in [0.717, 1.165) is 6.04 Å². The molecule has 17 heavy (non-hydrogen) atoms. The van der Waals surface area contributed by atoms with Crippen molar-refractivity contribution >= 4 is 0 Å². The minimum atomic E-state index is 0.413. The van der Waals surface area contributed by atoms with Gasteiger partial charge in [0.05, 0.1) is 0 Å². The molecular weight excluding hydrogens is 206 g/mol. The second-order valence-electron chi connectivity index (χ2n) is 6.31. The lowest BCUT2D eigenvalue weighted by atomic mass is 9.82. The Morgan fingerprint density at radius 2 is 1.35 bits per heavy atom. The van der Waals surface area contributed by atoms with Gasteiger partial charge in [-0.25, -0.2) is 0 Å². The van der Waals surface area contributed by atoms with E-state index in [4.69, 9.17) is 0 Å². The van der Waals surface area contributed by atoms with Gasteiger partial charge in [0.1, 0.15) is 0 Å². The van der Waals surface area contributed by atoms with Crippen molar-refractivity contribution in [2.75, 3.05) is 13.1 Å². The first-order valence-corrected chi connectivity index (χ1v) is 7.71. The molecule has 0 aliphatic carbocycles. The van der Waals surface area contributed by atoms with E-state index in [2.05, 4.69) is 46.4 Å². The molecule has 0 amide bonds. The summed E-state index contributed by atoms with van der Waals surface area (Å²) in [5, 5.41) is 0. The summed E-state index contributed by atoms with van der Waals surface area (Å²) in [7, 11) is 0. The fourth-order valence-electron chi connectivity index (χ4n) is 2.77. The van der Waals surface area contributed by atoms with Crippen LogP contribution in [0.1, 0.15) is 80.1 Å². The minimum absolute atomic E-state index is 0.413. The van der Waals surface area contributed by atoms with Crippen molar-refractivity contribution in [2.45, 2.75) is 86.1 Å². The third kappa shape index (κ3) is 7.08. The maximum atomic E-state index is 2.64. The zero-order valence-corrected chi connectivity index (χ0v) is 13.2. The standard InChI is InChI=1S/C16H35N/c1-7-10-11-12-13-14-15(16(4,5)6)17(8-2)9-3/h15H,7-14H2,1-6H3. The Morgan fingerprint density at radius 3 is 1.76 bits per heavy atom. The van der Waals surface area contributed by atoms with Gasteiger partial charge in [-0.15, -0.1) is 0 Å². The summed E-state index contributed by atoms with van der Waals surface area (Å²) in [6.45, 7) is 16.4. The lowest BCUT2D eigenvalue weighted by Gasteiger charge is -2.39. The van der Waals surface area contributed by atoms with Crippen LogP contribution in [0.2, 0.25) is 0 Å². The van der Waals surface area contributed by atoms with Crippen molar-refractivity contribution in [3.05, 3.63) is 0 Å². The van der Waals surface area contributed by atoms with Crippen molar-refractivity contribution < 1.29 is 0 Å².